The number of sulfonamides is 1. The molecule has 0 aliphatic heterocycles. The second-order valence-corrected chi connectivity index (χ2v) is 6.99. The summed E-state index contributed by atoms with van der Waals surface area (Å²) >= 11 is 5.74. The van der Waals surface area contributed by atoms with Gasteiger partial charge in [0.05, 0.1) is 11.4 Å². The van der Waals surface area contributed by atoms with Crippen molar-refractivity contribution in [2.45, 2.75) is 4.90 Å². The number of hydrogen-bond donors (Lipinski definition) is 0. The molecule has 0 N–H and O–H groups in total. The van der Waals surface area contributed by atoms with Crippen LogP contribution in [-0.2, 0) is 10.0 Å². The first-order valence-corrected chi connectivity index (χ1v) is 8.03. The molecule has 0 heterocycles. The number of hydrogen-bond acceptors (Lipinski definition) is 3. The van der Waals surface area contributed by atoms with E-state index in [-0.39, 0.29) is 17.2 Å². The van der Waals surface area contributed by atoms with Crippen molar-refractivity contribution >= 4 is 27.4 Å². The highest BCUT2D eigenvalue weighted by Gasteiger charge is 2.23. The summed E-state index contributed by atoms with van der Waals surface area (Å²) in [5.41, 5.74) is 0.482. The molecule has 0 aromatic heterocycles. The highest BCUT2D eigenvalue weighted by molar-refractivity contribution is 7.89. The number of nitrogens with zero attached hydrogens (tertiary/aromatic N) is 1. The SMILES string of the molecule is CN(CC(=O)c1ccccc1)S(=O)(=O)c1ccc(Cl)cc1. The van der Waals surface area contributed by atoms with Crippen molar-refractivity contribution in [2.75, 3.05) is 13.6 Å². The molecule has 0 spiro atoms. The average molecular weight is 324 g/mol. The molecule has 0 radical (unpaired) electrons. The fourth-order valence-electron chi connectivity index (χ4n) is 1.79. The van der Waals surface area contributed by atoms with Gasteiger partial charge in [-0.25, -0.2) is 8.42 Å². The van der Waals surface area contributed by atoms with Gasteiger partial charge in [-0.3, -0.25) is 4.79 Å². The van der Waals surface area contributed by atoms with E-state index in [0.717, 1.165) is 4.31 Å². The van der Waals surface area contributed by atoms with Crippen LogP contribution < -0.4 is 0 Å². The topological polar surface area (TPSA) is 54.5 Å². The lowest BCUT2D eigenvalue weighted by atomic mass is 10.1. The molecular formula is C15H14ClNO3S. The van der Waals surface area contributed by atoms with Crippen LogP contribution >= 0.6 is 11.6 Å². The molecule has 4 nitrogen and oxygen atoms in total. The lowest BCUT2D eigenvalue weighted by molar-refractivity contribution is 0.0973. The molecular weight excluding hydrogens is 310 g/mol. The van der Waals surface area contributed by atoms with Crippen molar-refractivity contribution < 1.29 is 13.2 Å². The number of halogens is 1. The monoisotopic (exact) mass is 323 g/mol. The minimum absolute atomic E-state index is 0.107. The molecule has 0 unspecified atom stereocenters. The van der Waals surface area contributed by atoms with Crippen LogP contribution in [0.5, 0.6) is 0 Å². The Balaban J connectivity index is 2.17. The molecule has 0 fully saturated rings. The zero-order valence-electron chi connectivity index (χ0n) is 11.4. The van der Waals surface area contributed by atoms with Gasteiger partial charge < -0.3 is 0 Å². The molecule has 2 aromatic rings. The average Bonchev–Trinajstić information content (AvgIpc) is 2.48. The van der Waals surface area contributed by atoms with Gasteiger partial charge in [0.15, 0.2) is 5.78 Å². The largest absolute Gasteiger partial charge is 0.293 e. The smallest absolute Gasteiger partial charge is 0.243 e. The first-order chi connectivity index (χ1) is 9.91. The number of benzene rings is 2. The maximum Gasteiger partial charge on any atom is 0.243 e. The number of likely N-dealkylation sites (N-methyl/N-ethyl adjacent to an activating group) is 1. The summed E-state index contributed by atoms with van der Waals surface area (Å²) in [6.45, 7) is -0.213. The van der Waals surface area contributed by atoms with E-state index in [2.05, 4.69) is 0 Å². The van der Waals surface area contributed by atoms with Crippen LogP contribution in [-0.4, -0.2) is 32.1 Å². The molecule has 0 bridgehead atoms. The van der Waals surface area contributed by atoms with E-state index in [9.17, 15) is 13.2 Å². The molecule has 6 heteroatoms. The van der Waals surface area contributed by atoms with Gasteiger partial charge in [-0.2, -0.15) is 4.31 Å². The van der Waals surface area contributed by atoms with Crippen molar-refractivity contribution in [3.8, 4) is 0 Å². The van der Waals surface area contributed by atoms with Crippen LogP contribution in [0.4, 0.5) is 0 Å². The van der Waals surface area contributed by atoms with Crippen molar-refractivity contribution in [1.29, 1.82) is 0 Å². The van der Waals surface area contributed by atoms with Crippen LogP contribution in [0.2, 0.25) is 5.02 Å². The van der Waals surface area contributed by atoms with Gasteiger partial charge in [-0.1, -0.05) is 41.9 Å². The molecule has 0 aliphatic rings. The van der Waals surface area contributed by atoms with Crippen LogP contribution in [0.3, 0.4) is 0 Å². The minimum Gasteiger partial charge on any atom is -0.293 e. The fourth-order valence-corrected chi connectivity index (χ4v) is 3.04. The molecule has 2 aromatic carbocycles. The van der Waals surface area contributed by atoms with Gasteiger partial charge in [-0.15, -0.1) is 0 Å². The van der Waals surface area contributed by atoms with Gasteiger partial charge in [0.25, 0.3) is 0 Å². The first kappa shape index (κ1) is 15.7. The lowest BCUT2D eigenvalue weighted by Gasteiger charge is -2.16. The Morgan fingerprint density at radius 2 is 1.62 bits per heavy atom. The Morgan fingerprint density at radius 1 is 1.05 bits per heavy atom. The van der Waals surface area contributed by atoms with Gasteiger partial charge in [0.1, 0.15) is 0 Å². The molecule has 2 rings (SSSR count). The van der Waals surface area contributed by atoms with Gasteiger partial charge in [0.2, 0.25) is 10.0 Å². The molecule has 0 atom stereocenters. The van der Waals surface area contributed by atoms with Crippen molar-refractivity contribution in [1.82, 2.24) is 4.31 Å². The number of carbonyl (C=O) groups is 1. The summed E-state index contributed by atoms with van der Waals surface area (Å²) in [4.78, 5) is 12.2. The van der Waals surface area contributed by atoms with Gasteiger partial charge >= 0.3 is 0 Å². The lowest BCUT2D eigenvalue weighted by Crippen LogP contribution is -2.32. The molecule has 0 saturated carbocycles. The van der Waals surface area contributed by atoms with Crippen LogP contribution in [0.15, 0.2) is 59.5 Å². The summed E-state index contributed by atoms with van der Waals surface area (Å²) in [7, 11) is -2.33. The molecule has 21 heavy (non-hydrogen) atoms. The standard InChI is InChI=1S/C15H14ClNO3S/c1-17(11-15(18)12-5-3-2-4-6-12)21(19,20)14-9-7-13(16)8-10-14/h2-10H,11H2,1H3. The Labute approximate surface area is 129 Å². The highest BCUT2D eigenvalue weighted by Crippen LogP contribution is 2.17. The maximum absolute atomic E-state index is 12.3. The van der Waals surface area contributed by atoms with E-state index in [0.29, 0.717) is 10.6 Å². The van der Waals surface area contributed by atoms with Crippen LogP contribution in [0.25, 0.3) is 0 Å². The molecule has 0 aliphatic carbocycles. The number of rotatable bonds is 5. The minimum atomic E-state index is -3.70. The zero-order chi connectivity index (χ0) is 15.5. The van der Waals surface area contributed by atoms with Crippen LogP contribution in [0, 0.1) is 0 Å². The van der Waals surface area contributed by atoms with Gasteiger partial charge in [-0.05, 0) is 24.3 Å². The second kappa shape index (κ2) is 6.39. The predicted molar refractivity (Wildman–Crippen MR) is 82.0 cm³/mol. The zero-order valence-corrected chi connectivity index (χ0v) is 12.9. The summed E-state index contributed by atoms with van der Waals surface area (Å²) in [5, 5.41) is 0.456. The van der Waals surface area contributed by atoms with Crippen molar-refractivity contribution in [3.63, 3.8) is 0 Å². The Hall–Kier alpha value is -1.69. The number of Topliss-reactive ketones (excluding diaryl/α,β-unsaturated/α-hetero) is 1. The predicted octanol–water partition coefficient (Wildman–Crippen LogP) is 2.84. The third kappa shape index (κ3) is 3.69. The summed E-state index contributed by atoms with van der Waals surface area (Å²) in [6, 6.07) is 14.4. The molecule has 0 saturated heterocycles. The van der Waals surface area contributed by atoms with Crippen molar-refractivity contribution in [2.24, 2.45) is 0 Å². The second-order valence-electron chi connectivity index (χ2n) is 4.50. The van der Waals surface area contributed by atoms with E-state index in [1.165, 1.54) is 31.3 Å². The first-order valence-electron chi connectivity index (χ1n) is 6.21. The summed E-state index contributed by atoms with van der Waals surface area (Å²) < 4.78 is 25.7. The van der Waals surface area contributed by atoms with Gasteiger partial charge in [0, 0.05) is 17.6 Å². The summed E-state index contributed by atoms with van der Waals surface area (Å²) in [5.74, 6) is -0.254. The quantitative estimate of drug-likeness (QED) is 0.795. The van der Waals surface area contributed by atoms with E-state index in [1.54, 1.807) is 30.3 Å². The Kier molecular flexibility index (Phi) is 4.77. The molecule has 0 amide bonds. The highest BCUT2D eigenvalue weighted by atomic mass is 35.5. The van der Waals surface area contributed by atoms with E-state index in [1.807, 2.05) is 0 Å². The Bertz CT molecular complexity index is 727. The fraction of sp³-hybridized carbons (Fsp3) is 0.133. The van der Waals surface area contributed by atoms with Crippen molar-refractivity contribution in [3.05, 3.63) is 65.2 Å². The number of ketones is 1. The normalized spacial score (nSPS) is 11.6. The Morgan fingerprint density at radius 3 is 2.19 bits per heavy atom. The maximum atomic E-state index is 12.3. The number of carbonyl (C=O) groups excluding carboxylic acids is 1. The summed E-state index contributed by atoms with van der Waals surface area (Å²) in [6.07, 6.45) is 0. The van der Waals surface area contributed by atoms with E-state index < -0.39 is 10.0 Å². The van der Waals surface area contributed by atoms with Crippen LogP contribution in [0.1, 0.15) is 10.4 Å². The van der Waals surface area contributed by atoms with E-state index in [4.69, 9.17) is 11.6 Å². The third-order valence-electron chi connectivity index (χ3n) is 2.98. The molecule has 110 valence electrons. The third-order valence-corrected chi connectivity index (χ3v) is 5.05. The van der Waals surface area contributed by atoms with E-state index >= 15 is 0 Å².